The first-order valence-corrected chi connectivity index (χ1v) is 9.59. The minimum atomic E-state index is -0.660. The van der Waals surface area contributed by atoms with Gasteiger partial charge in [0.25, 0.3) is 0 Å². The van der Waals surface area contributed by atoms with Gasteiger partial charge in [0.05, 0.1) is 18.3 Å². The molecule has 0 bridgehead atoms. The summed E-state index contributed by atoms with van der Waals surface area (Å²) in [6.45, 7) is 4.54. The van der Waals surface area contributed by atoms with E-state index in [-0.39, 0.29) is 34.8 Å². The summed E-state index contributed by atoms with van der Waals surface area (Å²) in [6.07, 6.45) is 5.33. The van der Waals surface area contributed by atoms with Gasteiger partial charge in [-0.1, -0.05) is 13.8 Å². The summed E-state index contributed by atoms with van der Waals surface area (Å²) in [5, 5.41) is 32.4. The smallest absolute Gasteiger partial charge is 0.0836 e. The summed E-state index contributed by atoms with van der Waals surface area (Å²) in [4.78, 5) is 0. The highest BCUT2D eigenvalue weighted by atomic mass is 16.3. The van der Waals surface area contributed by atoms with Gasteiger partial charge < -0.3 is 21.1 Å². The van der Waals surface area contributed by atoms with E-state index in [1.807, 2.05) is 0 Å². The van der Waals surface area contributed by atoms with Crippen LogP contribution >= 0.6 is 0 Å². The van der Waals surface area contributed by atoms with Gasteiger partial charge in [0, 0.05) is 6.04 Å². The van der Waals surface area contributed by atoms with E-state index in [9.17, 15) is 15.3 Å². The minimum absolute atomic E-state index is 0.0733. The van der Waals surface area contributed by atoms with Crippen molar-refractivity contribution in [1.29, 1.82) is 0 Å². The molecule has 4 fully saturated rings. The number of hydrogen-bond acceptors (Lipinski definition) is 4. The van der Waals surface area contributed by atoms with Gasteiger partial charge in [0.15, 0.2) is 0 Å². The Kier molecular flexibility index (Phi) is 3.67. The van der Waals surface area contributed by atoms with Gasteiger partial charge in [-0.2, -0.15) is 0 Å². The zero-order chi connectivity index (χ0) is 16.6. The van der Waals surface area contributed by atoms with Crippen molar-refractivity contribution in [2.75, 3.05) is 0 Å². The summed E-state index contributed by atoms with van der Waals surface area (Å²) >= 11 is 0. The monoisotopic (exact) mass is 323 g/mol. The molecule has 10 unspecified atom stereocenters. The second kappa shape index (κ2) is 5.17. The lowest BCUT2D eigenvalue weighted by atomic mass is 9.43. The van der Waals surface area contributed by atoms with Crippen molar-refractivity contribution in [2.24, 2.45) is 40.2 Å². The molecule has 0 aromatic carbocycles. The molecule has 0 aromatic rings. The first-order chi connectivity index (χ1) is 10.8. The molecule has 4 aliphatic carbocycles. The molecule has 4 rings (SSSR count). The lowest BCUT2D eigenvalue weighted by molar-refractivity contribution is -0.217. The highest BCUT2D eigenvalue weighted by molar-refractivity contribution is 5.14. The fourth-order valence-electron chi connectivity index (χ4n) is 7.26. The van der Waals surface area contributed by atoms with Crippen LogP contribution in [-0.4, -0.2) is 39.7 Å². The number of fused-ring (bicyclic) bond motifs is 5. The van der Waals surface area contributed by atoms with Crippen LogP contribution in [0.2, 0.25) is 0 Å². The molecule has 5 N–H and O–H groups in total. The highest BCUT2D eigenvalue weighted by Gasteiger charge is 2.64. The molecule has 10 atom stereocenters. The average molecular weight is 323 g/mol. The molecule has 132 valence electrons. The Morgan fingerprint density at radius 2 is 1.43 bits per heavy atom. The summed E-state index contributed by atoms with van der Waals surface area (Å²) in [7, 11) is 0. The quantitative estimate of drug-likeness (QED) is 0.546. The molecular weight excluding hydrogens is 290 g/mol. The SMILES string of the molecule is CC12CCC3C(C(O)C(O)C4CC(N)CCC43C)C1CCC2O. The molecule has 0 radical (unpaired) electrons. The minimum Gasteiger partial charge on any atom is -0.393 e. The van der Waals surface area contributed by atoms with Gasteiger partial charge in [-0.3, -0.25) is 0 Å². The lowest BCUT2D eigenvalue weighted by Crippen LogP contribution is -2.64. The average Bonchev–Trinajstić information content (AvgIpc) is 2.82. The third-order valence-corrected chi connectivity index (χ3v) is 8.74. The van der Waals surface area contributed by atoms with Crippen LogP contribution in [0.25, 0.3) is 0 Å². The molecule has 0 amide bonds. The topological polar surface area (TPSA) is 86.7 Å². The number of hydrogen-bond donors (Lipinski definition) is 4. The molecule has 0 aliphatic heterocycles. The van der Waals surface area contributed by atoms with Gasteiger partial charge in [0.1, 0.15) is 0 Å². The largest absolute Gasteiger partial charge is 0.393 e. The Balaban J connectivity index is 1.72. The van der Waals surface area contributed by atoms with E-state index in [0.717, 1.165) is 44.9 Å². The summed E-state index contributed by atoms with van der Waals surface area (Å²) in [6, 6.07) is 0.161. The van der Waals surface area contributed by atoms with E-state index in [0.29, 0.717) is 11.8 Å². The summed E-state index contributed by atoms with van der Waals surface area (Å²) < 4.78 is 0. The van der Waals surface area contributed by atoms with Crippen LogP contribution in [-0.2, 0) is 0 Å². The van der Waals surface area contributed by atoms with E-state index in [2.05, 4.69) is 13.8 Å². The molecule has 0 spiro atoms. The van der Waals surface area contributed by atoms with Gasteiger partial charge in [-0.25, -0.2) is 0 Å². The molecular formula is C19H33NO3. The van der Waals surface area contributed by atoms with Crippen LogP contribution in [0.3, 0.4) is 0 Å². The predicted molar refractivity (Wildman–Crippen MR) is 88.5 cm³/mol. The molecule has 4 heteroatoms. The fourth-order valence-corrected chi connectivity index (χ4v) is 7.26. The highest BCUT2D eigenvalue weighted by Crippen LogP contribution is 2.66. The second-order valence-electron chi connectivity index (χ2n) is 9.56. The first kappa shape index (κ1) is 16.3. The Morgan fingerprint density at radius 1 is 0.783 bits per heavy atom. The molecule has 0 aromatic heterocycles. The van der Waals surface area contributed by atoms with Crippen molar-refractivity contribution in [3.63, 3.8) is 0 Å². The van der Waals surface area contributed by atoms with Crippen molar-refractivity contribution < 1.29 is 15.3 Å². The van der Waals surface area contributed by atoms with Gasteiger partial charge in [-0.15, -0.1) is 0 Å². The maximum atomic E-state index is 11.0. The van der Waals surface area contributed by atoms with E-state index in [1.165, 1.54) is 0 Å². The Labute approximate surface area is 139 Å². The number of rotatable bonds is 0. The van der Waals surface area contributed by atoms with Crippen molar-refractivity contribution in [3.05, 3.63) is 0 Å². The van der Waals surface area contributed by atoms with Crippen LogP contribution in [0.4, 0.5) is 0 Å². The third kappa shape index (κ3) is 2.04. The first-order valence-electron chi connectivity index (χ1n) is 9.59. The van der Waals surface area contributed by atoms with E-state index in [4.69, 9.17) is 5.73 Å². The molecule has 0 saturated heterocycles. The van der Waals surface area contributed by atoms with Crippen molar-refractivity contribution in [1.82, 2.24) is 0 Å². The van der Waals surface area contributed by atoms with Crippen molar-refractivity contribution in [2.45, 2.75) is 83.1 Å². The molecule has 23 heavy (non-hydrogen) atoms. The van der Waals surface area contributed by atoms with Crippen LogP contribution in [0, 0.1) is 34.5 Å². The summed E-state index contributed by atoms with van der Waals surface area (Å²) in [5.41, 5.74) is 6.19. The Hall–Kier alpha value is -0.160. The predicted octanol–water partition coefficient (Wildman–Crippen LogP) is 1.66. The van der Waals surface area contributed by atoms with Crippen LogP contribution in [0.15, 0.2) is 0 Å². The van der Waals surface area contributed by atoms with Crippen LogP contribution < -0.4 is 5.73 Å². The molecule has 4 aliphatic rings. The second-order valence-corrected chi connectivity index (χ2v) is 9.56. The molecule has 4 saturated carbocycles. The fraction of sp³-hybridized carbons (Fsp3) is 1.00. The zero-order valence-electron chi connectivity index (χ0n) is 14.5. The van der Waals surface area contributed by atoms with Crippen LogP contribution in [0.5, 0.6) is 0 Å². The Bertz CT molecular complexity index is 485. The van der Waals surface area contributed by atoms with Crippen molar-refractivity contribution in [3.8, 4) is 0 Å². The maximum Gasteiger partial charge on any atom is 0.0836 e. The third-order valence-electron chi connectivity index (χ3n) is 8.74. The Morgan fingerprint density at radius 3 is 2.17 bits per heavy atom. The standard InChI is InChI=1S/C19H33NO3/c1-18-7-5-10(20)9-13(18)16(22)17(23)15-11-3-4-14(21)19(11,2)8-6-12(15)18/h10-17,21-23H,3-9,20H2,1-2H3. The van der Waals surface area contributed by atoms with Gasteiger partial charge in [0.2, 0.25) is 0 Å². The number of nitrogens with two attached hydrogens (primary N) is 1. The van der Waals surface area contributed by atoms with E-state index in [1.54, 1.807) is 0 Å². The van der Waals surface area contributed by atoms with Gasteiger partial charge >= 0.3 is 0 Å². The normalized spacial score (nSPS) is 62.3. The van der Waals surface area contributed by atoms with E-state index < -0.39 is 12.2 Å². The lowest BCUT2D eigenvalue weighted by Gasteiger charge is -2.63. The zero-order valence-corrected chi connectivity index (χ0v) is 14.5. The molecule has 4 nitrogen and oxygen atoms in total. The van der Waals surface area contributed by atoms with Crippen molar-refractivity contribution >= 4 is 0 Å². The van der Waals surface area contributed by atoms with E-state index >= 15 is 0 Å². The number of aliphatic hydroxyl groups is 3. The molecule has 0 heterocycles. The van der Waals surface area contributed by atoms with Crippen LogP contribution in [0.1, 0.15) is 58.8 Å². The maximum absolute atomic E-state index is 11.0. The number of aliphatic hydroxyl groups excluding tert-OH is 3. The van der Waals surface area contributed by atoms with Gasteiger partial charge in [-0.05, 0) is 79.4 Å². The summed E-state index contributed by atoms with van der Waals surface area (Å²) in [5.74, 6) is 1.06.